The molecule has 2 unspecified atom stereocenters. The number of rotatable bonds is 8. The van der Waals surface area contributed by atoms with Gasteiger partial charge in [0.1, 0.15) is 11.4 Å². The maximum atomic E-state index is 12.9. The third kappa shape index (κ3) is 6.11. The third-order valence-electron chi connectivity index (χ3n) is 3.39. The lowest BCUT2D eigenvalue weighted by Gasteiger charge is -2.24. The Balaban J connectivity index is 2.66. The van der Waals surface area contributed by atoms with Crippen molar-refractivity contribution in [1.29, 1.82) is 0 Å². The molecule has 0 saturated heterocycles. The SMILES string of the molecule is CCCC(C)CS(=O)(=O)NCC(C)(O)c1ccc(F)cc1. The molecule has 0 aliphatic heterocycles. The van der Waals surface area contributed by atoms with Crippen molar-refractivity contribution in [3.05, 3.63) is 35.6 Å². The molecule has 0 spiro atoms. The van der Waals surface area contributed by atoms with Crippen molar-refractivity contribution in [2.24, 2.45) is 5.92 Å². The largest absolute Gasteiger partial charge is 0.384 e. The zero-order valence-corrected chi connectivity index (χ0v) is 13.6. The maximum Gasteiger partial charge on any atom is 0.211 e. The lowest BCUT2D eigenvalue weighted by Crippen LogP contribution is -2.40. The highest BCUT2D eigenvalue weighted by Crippen LogP contribution is 2.20. The topological polar surface area (TPSA) is 66.4 Å². The van der Waals surface area contributed by atoms with Crippen LogP contribution < -0.4 is 4.72 Å². The van der Waals surface area contributed by atoms with Gasteiger partial charge in [-0.05, 0) is 37.0 Å². The predicted octanol–water partition coefficient (Wildman–Crippen LogP) is 2.39. The monoisotopic (exact) mass is 317 g/mol. The molecule has 0 bridgehead atoms. The average molecular weight is 317 g/mol. The molecule has 1 aromatic rings. The fraction of sp³-hybridized carbons (Fsp3) is 0.600. The first-order chi connectivity index (χ1) is 9.66. The van der Waals surface area contributed by atoms with Crippen molar-refractivity contribution < 1.29 is 17.9 Å². The van der Waals surface area contributed by atoms with Gasteiger partial charge in [-0.2, -0.15) is 0 Å². The van der Waals surface area contributed by atoms with Gasteiger partial charge in [0.15, 0.2) is 0 Å². The molecular weight excluding hydrogens is 293 g/mol. The minimum Gasteiger partial charge on any atom is -0.384 e. The minimum absolute atomic E-state index is 0.0420. The summed E-state index contributed by atoms with van der Waals surface area (Å²) in [5.74, 6) is -0.285. The van der Waals surface area contributed by atoms with E-state index in [1.807, 2.05) is 13.8 Å². The van der Waals surface area contributed by atoms with E-state index >= 15 is 0 Å². The van der Waals surface area contributed by atoms with Gasteiger partial charge in [0.2, 0.25) is 10.0 Å². The second-order valence-electron chi connectivity index (χ2n) is 5.78. The summed E-state index contributed by atoms with van der Waals surface area (Å²) in [4.78, 5) is 0. The lowest BCUT2D eigenvalue weighted by atomic mass is 9.96. The van der Waals surface area contributed by atoms with Gasteiger partial charge in [-0.1, -0.05) is 32.4 Å². The summed E-state index contributed by atoms with van der Waals surface area (Å²) in [6.45, 7) is 5.26. The van der Waals surface area contributed by atoms with Crippen LogP contribution in [0.2, 0.25) is 0 Å². The zero-order chi connectivity index (χ0) is 16.1. The predicted molar refractivity (Wildman–Crippen MR) is 81.8 cm³/mol. The highest BCUT2D eigenvalue weighted by molar-refractivity contribution is 7.89. The van der Waals surface area contributed by atoms with E-state index in [1.165, 1.54) is 31.2 Å². The van der Waals surface area contributed by atoms with Gasteiger partial charge >= 0.3 is 0 Å². The summed E-state index contributed by atoms with van der Waals surface area (Å²) in [6, 6.07) is 5.37. The molecule has 0 fully saturated rings. The molecule has 2 atom stereocenters. The number of benzene rings is 1. The first-order valence-electron chi connectivity index (χ1n) is 7.12. The Morgan fingerprint density at radius 1 is 1.33 bits per heavy atom. The molecule has 0 saturated carbocycles. The number of sulfonamides is 1. The Bertz CT molecular complexity index is 541. The minimum atomic E-state index is -3.44. The maximum absolute atomic E-state index is 12.9. The first kappa shape index (κ1) is 18.1. The van der Waals surface area contributed by atoms with Crippen LogP contribution in [0.5, 0.6) is 0 Å². The lowest BCUT2D eigenvalue weighted by molar-refractivity contribution is 0.0626. The van der Waals surface area contributed by atoms with Crippen LogP contribution in [0.3, 0.4) is 0 Å². The van der Waals surface area contributed by atoms with Crippen molar-refractivity contribution in [3.63, 3.8) is 0 Å². The Morgan fingerprint density at radius 3 is 2.43 bits per heavy atom. The van der Waals surface area contributed by atoms with Crippen molar-refractivity contribution >= 4 is 10.0 Å². The number of hydrogen-bond acceptors (Lipinski definition) is 3. The normalized spacial score (nSPS) is 16.4. The van der Waals surface area contributed by atoms with Gasteiger partial charge < -0.3 is 5.11 Å². The molecule has 0 radical (unpaired) electrons. The second-order valence-corrected chi connectivity index (χ2v) is 7.63. The number of aliphatic hydroxyl groups is 1. The van der Waals surface area contributed by atoms with Crippen LogP contribution in [0.1, 0.15) is 39.2 Å². The molecule has 0 aliphatic rings. The summed E-state index contributed by atoms with van der Waals surface area (Å²) in [5, 5.41) is 10.3. The van der Waals surface area contributed by atoms with Crippen LogP contribution in [0, 0.1) is 11.7 Å². The molecule has 6 heteroatoms. The van der Waals surface area contributed by atoms with Crippen LogP contribution in [0.15, 0.2) is 24.3 Å². The molecule has 21 heavy (non-hydrogen) atoms. The summed E-state index contributed by atoms with van der Waals surface area (Å²) in [6.07, 6.45) is 1.78. The molecule has 1 rings (SSSR count). The van der Waals surface area contributed by atoms with Gasteiger partial charge in [0.05, 0.1) is 5.75 Å². The van der Waals surface area contributed by atoms with E-state index in [2.05, 4.69) is 4.72 Å². The number of halogens is 1. The summed E-state index contributed by atoms with van der Waals surface area (Å²) < 4.78 is 39.2. The van der Waals surface area contributed by atoms with Crippen LogP contribution >= 0.6 is 0 Å². The molecular formula is C15H24FNO3S. The van der Waals surface area contributed by atoms with Gasteiger partial charge in [-0.15, -0.1) is 0 Å². The molecule has 0 amide bonds. The van der Waals surface area contributed by atoms with Gasteiger partial charge in [-0.25, -0.2) is 17.5 Å². The highest BCUT2D eigenvalue weighted by atomic mass is 32.2. The van der Waals surface area contributed by atoms with Crippen LogP contribution in [-0.4, -0.2) is 25.8 Å². The van der Waals surface area contributed by atoms with Crippen LogP contribution in [0.4, 0.5) is 4.39 Å². The first-order valence-corrected chi connectivity index (χ1v) is 8.77. The Hall–Kier alpha value is -0.980. The van der Waals surface area contributed by atoms with E-state index in [1.54, 1.807) is 0 Å². The summed E-state index contributed by atoms with van der Waals surface area (Å²) in [7, 11) is -3.44. The fourth-order valence-electron chi connectivity index (χ4n) is 2.17. The van der Waals surface area contributed by atoms with Crippen molar-refractivity contribution in [2.45, 2.75) is 39.2 Å². The summed E-state index contributed by atoms with van der Waals surface area (Å²) in [5.41, 5.74) is -0.914. The molecule has 0 heterocycles. The number of nitrogens with one attached hydrogen (secondary N) is 1. The Kier molecular flexibility index (Phi) is 6.31. The third-order valence-corrected chi connectivity index (χ3v) is 4.98. The Labute approximate surface area is 126 Å². The molecule has 0 aromatic heterocycles. The van der Waals surface area contributed by atoms with Gasteiger partial charge in [-0.3, -0.25) is 0 Å². The van der Waals surface area contributed by atoms with E-state index in [0.717, 1.165) is 12.8 Å². The summed E-state index contributed by atoms with van der Waals surface area (Å²) >= 11 is 0. The van der Waals surface area contributed by atoms with E-state index < -0.39 is 21.4 Å². The van der Waals surface area contributed by atoms with Crippen molar-refractivity contribution in [3.8, 4) is 0 Å². The fourth-order valence-corrected chi connectivity index (χ4v) is 3.71. The van der Waals surface area contributed by atoms with Crippen molar-refractivity contribution in [1.82, 2.24) is 4.72 Å². The second kappa shape index (κ2) is 7.33. The highest BCUT2D eigenvalue weighted by Gasteiger charge is 2.26. The van der Waals surface area contributed by atoms with Crippen LogP contribution in [-0.2, 0) is 15.6 Å². The van der Waals surface area contributed by atoms with E-state index in [9.17, 15) is 17.9 Å². The molecule has 1 aromatic carbocycles. The zero-order valence-electron chi connectivity index (χ0n) is 12.8. The van der Waals surface area contributed by atoms with Gasteiger partial charge in [0.25, 0.3) is 0 Å². The quantitative estimate of drug-likeness (QED) is 0.773. The van der Waals surface area contributed by atoms with E-state index in [0.29, 0.717) is 5.56 Å². The molecule has 0 aliphatic carbocycles. The molecule has 4 nitrogen and oxygen atoms in total. The van der Waals surface area contributed by atoms with E-state index in [-0.39, 0.29) is 18.2 Å². The van der Waals surface area contributed by atoms with Crippen LogP contribution in [0.25, 0.3) is 0 Å². The van der Waals surface area contributed by atoms with Crippen molar-refractivity contribution in [2.75, 3.05) is 12.3 Å². The Morgan fingerprint density at radius 2 is 1.90 bits per heavy atom. The average Bonchev–Trinajstić information content (AvgIpc) is 2.37. The smallest absolute Gasteiger partial charge is 0.211 e. The molecule has 120 valence electrons. The van der Waals surface area contributed by atoms with E-state index in [4.69, 9.17) is 0 Å². The standard InChI is InChI=1S/C15H24FNO3S/c1-4-5-12(2)10-21(19,20)17-11-15(3,18)13-6-8-14(16)9-7-13/h6-9,12,17-18H,4-5,10-11H2,1-3H3. The molecule has 2 N–H and O–H groups in total. The van der Waals surface area contributed by atoms with Gasteiger partial charge in [0, 0.05) is 6.54 Å². The number of hydrogen-bond donors (Lipinski definition) is 2.